The van der Waals surface area contributed by atoms with E-state index in [1.54, 1.807) is 121 Å². The lowest BCUT2D eigenvalue weighted by Crippen LogP contribution is -2.17. The summed E-state index contributed by atoms with van der Waals surface area (Å²) in [7, 11) is -10.7. The quantitative estimate of drug-likeness (QED) is 0.144. The number of aromatic nitrogens is 6. The highest BCUT2D eigenvalue weighted by atomic mass is 32.2. The molecule has 15 heteroatoms. The van der Waals surface area contributed by atoms with Crippen LogP contribution in [0.4, 0.5) is 0 Å². The average molecular weight is 891 g/mol. The molecule has 63 heavy (non-hydrogen) atoms. The molecular formula is C48H38N6O6S3. The molecule has 23 heterocycles. The molecule has 0 N–H and O–H groups in total. The summed E-state index contributed by atoms with van der Waals surface area (Å²) in [5, 5.41) is 0. The first kappa shape index (κ1) is 40.5. The molecule has 0 saturated carbocycles. The third-order valence-corrected chi connectivity index (χ3v) is 16.0. The minimum absolute atomic E-state index is 0.0510. The minimum atomic E-state index is -3.59. The Morgan fingerprint density at radius 3 is 0.889 bits per heavy atom. The van der Waals surface area contributed by atoms with Crippen LogP contribution in [0.5, 0.6) is 0 Å². The van der Waals surface area contributed by atoms with Crippen molar-refractivity contribution in [3.05, 3.63) is 173 Å². The van der Waals surface area contributed by atoms with Gasteiger partial charge < -0.3 is 0 Å². The summed E-state index contributed by atoms with van der Waals surface area (Å²) in [4.78, 5) is 29.0. The molecule has 21 aliphatic heterocycles. The Hall–Kier alpha value is -6.55. The first-order valence-corrected chi connectivity index (χ1v) is 25.7. The number of rotatable bonds is 0. The van der Waals surface area contributed by atoms with Gasteiger partial charge in [-0.15, -0.1) is 0 Å². The number of hydrogen-bond acceptors (Lipinski definition) is 12. The van der Waals surface area contributed by atoms with Crippen molar-refractivity contribution >= 4 is 35.1 Å². The fourth-order valence-electron chi connectivity index (χ4n) is 7.99. The van der Waals surface area contributed by atoms with Gasteiger partial charge in [0.15, 0.2) is 64.5 Å². The van der Waals surface area contributed by atoms with E-state index < -0.39 is 29.5 Å². The number of benzene rings is 5. The summed E-state index contributed by atoms with van der Waals surface area (Å²) in [6.07, 6.45) is 6.10. The molecule has 0 saturated heterocycles. The van der Waals surface area contributed by atoms with Crippen molar-refractivity contribution in [1.29, 1.82) is 0 Å². The number of allylic oxidation sites excluding steroid dienone is 4. The minimum Gasteiger partial charge on any atom is -0.228 e. The van der Waals surface area contributed by atoms with Gasteiger partial charge in [0.2, 0.25) is 0 Å². The van der Waals surface area contributed by atoms with Crippen LogP contribution in [0, 0.1) is 5.92 Å². The summed E-state index contributed by atoms with van der Waals surface area (Å²) < 4.78 is 81.5. The molecule has 0 amide bonds. The molecule has 7 aromatic rings. The van der Waals surface area contributed by atoms with Crippen molar-refractivity contribution in [1.82, 2.24) is 29.9 Å². The van der Waals surface area contributed by atoms with Crippen molar-refractivity contribution in [2.45, 2.75) is 35.2 Å². The van der Waals surface area contributed by atoms with E-state index in [4.69, 9.17) is 29.9 Å². The number of hydrogen-bond donors (Lipinski definition) is 0. The van der Waals surface area contributed by atoms with Gasteiger partial charge in [-0.2, -0.15) is 0 Å². The smallest absolute Gasteiger partial charge is 0.164 e. The second-order valence-electron chi connectivity index (χ2n) is 16.2. The van der Waals surface area contributed by atoms with Crippen LogP contribution in [0.25, 0.3) is 62.5 Å². The number of sulfone groups is 3. The van der Waals surface area contributed by atoms with Crippen LogP contribution < -0.4 is 0 Å². The Balaban J connectivity index is 1.15. The van der Waals surface area contributed by atoms with E-state index in [0.717, 1.165) is 0 Å². The highest BCUT2D eigenvalue weighted by molar-refractivity contribution is 7.90. The van der Waals surface area contributed by atoms with E-state index in [9.17, 15) is 25.3 Å². The summed E-state index contributed by atoms with van der Waals surface area (Å²) in [5.74, 6) is 0.894. The second-order valence-corrected chi connectivity index (χ2v) is 22.5. The molecule has 29 rings (SSSR count). The van der Waals surface area contributed by atoms with Gasteiger partial charge in [-0.05, 0) is 40.2 Å². The Morgan fingerprint density at radius 1 is 0.349 bits per heavy atom. The van der Waals surface area contributed by atoms with Crippen LogP contribution in [-0.2, 0) is 58.3 Å². The van der Waals surface area contributed by atoms with Gasteiger partial charge in [0, 0.05) is 33.4 Å². The van der Waals surface area contributed by atoms with Crippen LogP contribution in [0.1, 0.15) is 40.1 Å². The summed E-state index contributed by atoms with van der Waals surface area (Å²) in [5.41, 5.74) is 6.85. The molecule has 1 atom stereocenters. The van der Waals surface area contributed by atoms with Crippen molar-refractivity contribution < 1.29 is 25.3 Å². The van der Waals surface area contributed by atoms with Crippen LogP contribution in [0.3, 0.4) is 0 Å². The monoisotopic (exact) mass is 890 g/mol. The largest absolute Gasteiger partial charge is 0.228 e. The molecule has 22 aliphatic rings. The molecule has 0 unspecified atom stereocenters. The molecule has 0 spiro atoms. The van der Waals surface area contributed by atoms with Gasteiger partial charge in [0.05, 0.1) is 34.5 Å². The summed E-state index contributed by atoms with van der Waals surface area (Å²) >= 11 is 0. The Labute approximate surface area is 365 Å². The van der Waals surface area contributed by atoms with E-state index in [1.807, 2.05) is 18.2 Å². The zero-order valence-electron chi connectivity index (χ0n) is 33.7. The molecular weight excluding hydrogens is 853 g/mol. The Kier molecular flexibility index (Phi) is 10.3. The fourth-order valence-corrected chi connectivity index (χ4v) is 12.7. The molecule has 2 aromatic heterocycles. The van der Waals surface area contributed by atoms with E-state index in [0.29, 0.717) is 103 Å². The second kappa shape index (κ2) is 16.0. The highest BCUT2D eigenvalue weighted by Crippen LogP contribution is 2.31. The van der Waals surface area contributed by atoms with E-state index in [2.05, 4.69) is 0 Å². The fraction of sp³-hybridized carbons (Fsp3) is 0.167. The highest BCUT2D eigenvalue weighted by Gasteiger charge is 2.23. The number of nitrogens with zero attached hydrogens (tertiary/aromatic N) is 6. The van der Waals surface area contributed by atoms with Crippen LogP contribution in [0.15, 0.2) is 140 Å². The Bertz CT molecular complexity index is 3160. The lowest BCUT2D eigenvalue weighted by atomic mass is 9.98. The molecule has 314 valence electrons. The van der Waals surface area contributed by atoms with Crippen molar-refractivity contribution in [3.8, 4) is 56.9 Å². The van der Waals surface area contributed by atoms with E-state index >= 15 is 0 Å². The molecule has 5 aromatic carbocycles. The van der Waals surface area contributed by atoms with E-state index in [-0.39, 0.29) is 40.4 Å². The Morgan fingerprint density at radius 2 is 0.619 bits per heavy atom. The van der Waals surface area contributed by atoms with Crippen LogP contribution >= 0.6 is 0 Å². The first-order valence-electron chi connectivity index (χ1n) is 20.3. The molecule has 18 bridgehead atoms. The van der Waals surface area contributed by atoms with Gasteiger partial charge >= 0.3 is 0 Å². The van der Waals surface area contributed by atoms with Gasteiger partial charge in [0.1, 0.15) is 0 Å². The standard InChI is InChI=1S/C48H38N6O6S3/c55-61(56)25-31-1-13-37(14-2-31)43-49-44-38-17-5-33(6-18-38)27-62(57,58)29-35-9-21-41(22-10-35)47-52-46(40-15-3-32(26-61)4-16-40)53-48(54-47)42-23-11-36(12-24-42)30-63(59,60)28-34-7-19-39(20-8-34)45(50-43)51-44/h1-11,13-24,36H,12,25-30H2/t36-/m1/s1. The topological polar surface area (TPSA) is 180 Å². The van der Waals surface area contributed by atoms with Gasteiger partial charge in [-0.25, -0.2) is 55.2 Å². The zero-order valence-corrected chi connectivity index (χ0v) is 36.1. The van der Waals surface area contributed by atoms with Gasteiger partial charge in [-0.1, -0.05) is 140 Å². The summed E-state index contributed by atoms with van der Waals surface area (Å²) in [6, 6.07) is 35.3. The maximum Gasteiger partial charge on any atom is 0.164 e. The van der Waals surface area contributed by atoms with Crippen molar-refractivity contribution in [3.63, 3.8) is 0 Å². The lowest BCUT2D eigenvalue weighted by Gasteiger charge is -2.17. The van der Waals surface area contributed by atoms with Crippen LogP contribution in [-0.4, -0.2) is 60.9 Å². The maximum atomic E-state index is 13.6. The average Bonchev–Trinajstić information content (AvgIpc) is 3.26. The van der Waals surface area contributed by atoms with Crippen molar-refractivity contribution in [2.24, 2.45) is 5.92 Å². The third-order valence-electron chi connectivity index (χ3n) is 11.2. The molecule has 0 radical (unpaired) electrons. The first-order chi connectivity index (χ1) is 30.3. The van der Waals surface area contributed by atoms with Gasteiger partial charge in [0.25, 0.3) is 0 Å². The van der Waals surface area contributed by atoms with Crippen LogP contribution in [0.2, 0.25) is 0 Å². The summed E-state index contributed by atoms with van der Waals surface area (Å²) in [6.45, 7) is 0. The lowest BCUT2D eigenvalue weighted by molar-refractivity contribution is 0.582. The SMILES string of the molecule is O=S1(=O)Cc2ccc(cc2)-c2nc3nc(n2)-c2ccc(cc2)CS(=O)(=O)Cc2ccc(cc2)-c2nc(nc(n2)-c2ccc(cc2)CS(=O)(=O)C[C@@H]2C=CC3=CC2)-c2ccc(cc2)C1. The van der Waals surface area contributed by atoms with Gasteiger partial charge in [-0.3, -0.25) is 0 Å². The van der Waals surface area contributed by atoms with Crippen molar-refractivity contribution in [2.75, 3.05) is 5.75 Å². The van der Waals surface area contributed by atoms with E-state index in [1.165, 1.54) is 0 Å². The molecule has 1 aliphatic carbocycles. The third kappa shape index (κ3) is 9.17. The zero-order chi connectivity index (χ0) is 43.3. The predicted octanol–water partition coefficient (Wildman–Crippen LogP) is 7.82. The molecule has 12 nitrogen and oxygen atoms in total. The molecule has 0 fully saturated rings. The maximum absolute atomic E-state index is 13.6. The normalized spacial score (nSPS) is 18.3. The predicted molar refractivity (Wildman–Crippen MR) is 242 cm³/mol.